The molecule has 0 bridgehead atoms. The first-order valence-corrected chi connectivity index (χ1v) is 12.2. The van der Waals surface area contributed by atoms with Gasteiger partial charge in [-0.05, 0) is 59.3 Å². The molecule has 4 aromatic rings. The van der Waals surface area contributed by atoms with E-state index in [0.717, 1.165) is 15.2 Å². The smallest absolute Gasteiger partial charge is 0.263 e. The third kappa shape index (κ3) is 4.71. The highest BCUT2D eigenvalue weighted by Crippen LogP contribution is 2.36. The molecule has 4 rings (SSSR count). The molecule has 0 saturated heterocycles. The summed E-state index contributed by atoms with van der Waals surface area (Å²) in [5.74, 6) is 0. The van der Waals surface area contributed by atoms with Crippen LogP contribution in [0, 0.1) is 0 Å². The van der Waals surface area contributed by atoms with Crippen molar-refractivity contribution < 1.29 is 8.42 Å². The zero-order valence-corrected chi connectivity index (χ0v) is 19.2. The Morgan fingerprint density at radius 3 is 2.23 bits per heavy atom. The van der Waals surface area contributed by atoms with Crippen molar-refractivity contribution in [3.8, 4) is 0 Å². The Labute approximate surface area is 194 Å². The number of anilines is 1. The van der Waals surface area contributed by atoms with Crippen molar-refractivity contribution in [2.45, 2.75) is 14.7 Å². The summed E-state index contributed by atoms with van der Waals surface area (Å²) in [6.07, 6.45) is 0. The minimum atomic E-state index is -3.88. The van der Waals surface area contributed by atoms with Crippen molar-refractivity contribution in [1.29, 1.82) is 0 Å². The van der Waals surface area contributed by atoms with Crippen molar-refractivity contribution in [1.82, 2.24) is 0 Å². The molecular weight excluding hydrogens is 481 g/mol. The van der Waals surface area contributed by atoms with Crippen LogP contribution in [-0.4, -0.2) is 8.42 Å². The van der Waals surface area contributed by atoms with Gasteiger partial charge in [0.05, 0.1) is 15.7 Å². The molecule has 8 heteroatoms. The molecule has 0 amide bonds. The highest BCUT2D eigenvalue weighted by molar-refractivity contribution is 7.99. The molecular formula is C22H14Cl3NO2S2. The number of rotatable bonds is 5. The van der Waals surface area contributed by atoms with E-state index in [4.69, 9.17) is 34.8 Å². The Morgan fingerprint density at radius 2 is 1.50 bits per heavy atom. The summed E-state index contributed by atoms with van der Waals surface area (Å²) in [4.78, 5) is 1.80. The maximum absolute atomic E-state index is 12.7. The Hall–Kier alpha value is -1.89. The molecule has 3 nitrogen and oxygen atoms in total. The zero-order chi connectivity index (χ0) is 21.3. The lowest BCUT2D eigenvalue weighted by atomic mass is 10.1. The number of nitrogens with one attached hydrogen (secondary N) is 1. The fourth-order valence-corrected chi connectivity index (χ4v) is 5.90. The van der Waals surface area contributed by atoms with Crippen LogP contribution in [0.5, 0.6) is 0 Å². The van der Waals surface area contributed by atoms with Gasteiger partial charge in [0, 0.05) is 14.8 Å². The van der Waals surface area contributed by atoms with E-state index in [1.807, 2.05) is 18.2 Å². The fraction of sp³-hybridized carbons (Fsp3) is 0. The molecule has 0 spiro atoms. The minimum Gasteiger partial charge on any atom is -0.280 e. The molecule has 0 atom stereocenters. The van der Waals surface area contributed by atoms with Gasteiger partial charge in [-0.2, -0.15) is 0 Å². The van der Waals surface area contributed by atoms with Gasteiger partial charge in [0.2, 0.25) is 0 Å². The van der Waals surface area contributed by atoms with Crippen LogP contribution in [-0.2, 0) is 10.0 Å². The van der Waals surface area contributed by atoms with E-state index < -0.39 is 10.0 Å². The third-order valence-corrected chi connectivity index (χ3v) is 7.91. The largest absolute Gasteiger partial charge is 0.280 e. The fourth-order valence-electron chi connectivity index (χ4n) is 2.91. The van der Waals surface area contributed by atoms with E-state index in [-0.39, 0.29) is 9.92 Å². The summed E-state index contributed by atoms with van der Waals surface area (Å²) >= 11 is 19.8. The Morgan fingerprint density at radius 1 is 0.733 bits per heavy atom. The summed E-state index contributed by atoms with van der Waals surface area (Å²) in [5, 5.41) is 3.15. The average molecular weight is 495 g/mol. The topological polar surface area (TPSA) is 46.2 Å². The van der Waals surface area contributed by atoms with Gasteiger partial charge in [0.15, 0.2) is 0 Å². The number of hydrogen-bond donors (Lipinski definition) is 1. The molecule has 30 heavy (non-hydrogen) atoms. The molecule has 1 N–H and O–H groups in total. The molecule has 0 aliphatic heterocycles. The average Bonchev–Trinajstić information content (AvgIpc) is 2.69. The predicted molar refractivity (Wildman–Crippen MR) is 127 cm³/mol. The molecule has 0 aromatic heterocycles. The lowest BCUT2D eigenvalue weighted by molar-refractivity contribution is 0.601. The second-order valence-corrected chi connectivity index (χ2v) is 10.5. The van der Waals surface area contributed by atoms with Crippen LogP contribution in [0.15, 0.2) is 93.5 Å². The van der Waals surface area contributed by atoms with Gasteiger partial charge in [-0.1, -0.05) is 76.9 Å². The van der Waals surface area contributed by atoms with Crippen molar-refractivity contribution in [3.63, 3.8) is 0 Å². The predicted octanol–water partition coefficient (Wildman–Crippen LogP) is 7.75. The summed E-state index contributed by atoms with van der Waals surface area (Å²) in [5.41, 5.74) is 0.342. The van der Waals surface area contributed by atoms with Crippen LogP contribution in [0.2, 0.25) is 15.1 Å². The Balaban J connectivity index is 1.56. The van der Waals surface area contributed by atoms with Crippen LogP contribution in [0.1, 0.15) is 0 Å². The summed E-state index contributed by atoms with van der Waals surface area (Å²) in [7, 11) is -3.88. The van der Waals surface area contributed by atoms with Gasteiger partial charge in [0.1, 0.15) is 4.90 Å². The van der Waals surface area contributed by atoms with Gasteiger partial charge >= 0.3 is 0 Å². The highest BCUT2D eigenvalue weighted by Gasteiger charge is 2.19. The second kappa shape index (κ2) is 8.69. The quantitative estimate of drug-likeness (QED) is 0.308. The first-order chi connectivity index (χ1) is 14.3. The molecule has 0 heterocycles. The van der Waals surface area contributed by atoms with Crippen molar-refractivity contribution in [2.75, 3.05) is 4.72 Å². The van der Waals surface area contributed by atoms with Crippen LogP contribution in [0.4, 0.5) is 5.69 Å². The normalized spacial score (nSPS) is 11.6. The molecule has 0 unspecified atom stereocenters. The van der Waals surface area contributed by atoms with E-state index in [0.29, 0.717) is 15.7 Å². The molecule has 0 radical (unpaired) electrons. The summed E-state index contributed by atoms with van der Waals surface area (Å²) < 4.78 is 27.8. The molecule has 152 valence electrons. The standard InChI is InChI=1S/C22H14Cl3NO2S2/c23-16-6-10-22(20(25)12-16)30(27,28)26-17-7-9-21(19(24)13-17)29-18-8-5-14-3-1-2-4-15(14)11-18/h1-13,26H. The molecule has 0 saturated carbocycles. The first kappa shape index (κ1) is 21.3. The monoisotopic (exact) mass is 493 g/mol. The van der Waals surface area contributed by atoms with Gasteiger partial charge in [-0.3, -0.25) is 4.72 Å². The molecule has 0 aliphatic carbocycles. The molecule has 0 fully saturated rings. The van der Waals surface area contributed by atoms with Crippen LogP contribution in [0.25, 0.3) is 10.8 Å². The lowest BCUT2D eigenvalue weighted by Crippen LogP contribution is -2.13. The first-order valence-electron chi connectivity index (χ1n) is 8.76. The molecule has 0 aliphatic rings. The van der Waals surface area contributed by atoms with Crippen LogP contribution in [0.3, 0.4) is 0 Å². The van der Waals surface area contributed by atoms with Crippen molar-refractivity contribution in [2.24, 2.45) is 0 Å². The van der Waals surface area contributed by atoms with Crippen molar-refractivity contribution >= 4 is 73.0 Å². The van der Waals surface area contributed by atoms with Gasteiger partial charge in [-0.25, -0.2) is 8.42 Å². The van der Waals surface area contributed by atoms with Gasteiger partial charge < -0.3 is 0 Å². The third-order valence-electron chi connectivity index (χ3n) is 4.32. The van der Waals surface area contributed by atoms with E-state index in [2.05, 4.69) is 29.0 Å². The zero-order valence-electron chi connectivity index (χ0n) is 15.3. The van der Waals surface area contributed by atoms with Crippen molar-refractivity contribution in [3.05, 3.63) is 93.9 Å². The molecule has 4 aromatic carbocycles. The summed E-state index contributed by atoms with van der Waals surface area (Å²) in [6.45, 7) is 0. The maximum Gasteiger partial charge on any atom is 0.263 e. The lowest BCUT2D eigenvalue weighted by Gasteiger charge is -2.12. The summed E-state index contributed by atoms with van der Waals surface area (Å²) in [6, 6.07) is 23.5. The van der Waals surface area contributed by atoms with Gasteiger partial charge in [-0.15, -0.1) is 0 Å². The SMILES string of the molecule is O=S(=O)(Nc1ccc(Sc2ccc3ccccc3c2)c(Cl)c1)c1ccc(Cl)cc1Cl. The van der Waals surface area contributed by atoms with E-state index in [1.54, 1.807) is 18.2 Å². The maximum atomic E-state index is 12.7. The number of sulfonamides is 1. The van der Waals surface area contributed by atoms with E-state index >= 15 is 0 Å². The Bertz CT molecular complexity index is 1360. The minimum absolute atomic E-state index is 0.0459. The number of fused-ring (bicyclic) bond motifs is 1. The van der Waals surface area contributed by atoms with Crippen LogP contribution >= 0.6 is 46.6 Å². The number of halogens is 3. The number of benzene rings is 4. The van der Waals surface area contributed by atoms with E-state index in [1.165, 1.54) is 35.3 Å². The van der Waals surface area contributed by atoms with E-state index in [9.17, 15) is 8.42 Å². The van der Waals surface area contributed by atoms with Crippen LogP contribution < -0.4 is 4.72 Å². The second-order valence-electron chi connectivity index (χ2n) is 6.44. The Kier molecular flexibility index (Phi) is 6.19. The number of hydrogen-bond acceptors (Lipinski definition) is 3. The van der Waals surface area contributed by atoms with Gasteiger partial charge in [0.25, 0.3) is 10.0 Å². The highest BCUT2D eigenvalue weighted by atomic mass is 35.5.